The van der Waals surface area contributed by atoms with Gasteiger partial charge in [0.1, 0.15) is 24.1 Å². The first-order chi connectivity index (χ1) is 13.7. The number of aromatic nitrogens is 3. The highest BCUT2D eigenvalue weighted by Gasteiger charge is 2.31. The molecule has 1 fully saturated rings. The molecule has 1 unspecified atom stereocenters. The zero-order valence-electron chi connectivity index (χ0n) is 16.0. The number of imidazole rings is 1. The van der Waals surface area contributed by atoms with Crippen LogP contribution in [0, 0.1) is 0 Å². The molecule has 1 atom stereocenters. The summed E-state index contributed by atoms with van der Waals surface area (Å²) in [5, 5.41) is 0. The minimum atomic E-state index is -0.108. The van der Waals surface area contributed by atoms with Gasteiger partial charge in [-0.2, -0.15) is 0 Å². The van der Waals surface area contributed by atoms with E-state index in [0.29, 0.717) is 12.3 Å². The Balaban J connectivity index is 1.48. The van der Waals surface area contributed by atoms with E-state index in [2.05, 4.69) is 9.97 Å². The summed E-state index contributed by atoms with van der Waals surface area (Å²) in [6.45, 7) is 1.01. The van der Waals surface area contributed by atoms with Crippen molar-refractivity contribution >= 4 is 5.91 Å². The van der Waals surface area contributed by atoms with Crippen molar-refractivity contribution < 1.29 is 13.9 Å². The molecule has 1 aromatic carbocycles. The van der Waals surface area contributed by atoms with E-state index in [9.17, 15) is 4.79 Å². The molecule has 3 aromatic rings. The van der Waals surface area contributed by atoms with E-state index in [4.69, 9.17) is 9.15 Å². The number of rotatable bonds is 6. The van der Waals surface area contributed by atoms with Crippen LogP contribution in [-0.4, -0.2) is 39.0 Å². The minimum absolute atomic E-state index is 0.0650. The lowest BCUT2D eigenvalue weighted by atomic mass is 10.0. The summed E-state index contributed by atoms with van der Waals surface area (Å²) in [5.41, 5.74) is 1.10. The Labute approximate surface area is 164 Å². The zero-order valence-corrected chi connectivity index (χ0v) is 16.0. The van der Waals surface area contributed by atoms with Crippen LogP contribution >= 0.6 is 0 Å². The fourth-order valence-corrected chi connectivity index (χ4v) is 3.66. The number of piperidine rings is 1. The third-order valence-electron chi connectivity index (χ3n) is 5.07. The van der Waals surface area contributed by atoms with Crippen molar-refractivity contribution in [2.75, 3.05) is 13.7 Å². The van der Waals surface area contributed by atoms with Crippen molar-refractivity contribution in [2.24, 2.45) is 0 Å². The average molecular weight is 380 g/mol. The Morgan fingerprint density at radius 3 is 3.11 bits per heavy atom. The largest absolute Gasteiger partial charge is 0.497 e. The standard InChI is InChI=1S/C21H24N4O3/c1-27-17-6-4-5-16(11-17)12-18-13-23-21(28-18)19-7-2-3-9-25(19)20(26)14-24-10-8-22-15-24/h4-6,8,10-11,13,15,19H,2-3,7,9,12,14H2,1H3. The van der Waals surface area contributed by atoms with Gasteiger partial charge in [-0.15, -0.1) is 0 Å². The maximum absolute atomic E-state index is 12.8. The van der Waals surface area contributed by atoms with E-state index in [1.165, 1.54) is 0 Å². The molecule has 0 aliphatic carbocycles. The van der Waals surface area contributed by atoms with E-state index >= 15 is 0 Å². The number of oxazole rings is 1. The number of likely N-dealkylation sites (tertiary alicyclic amines) is 1. The van der Waals surface area contributed by atoms with E-state index in [-0.39, 0.29) is 18.5 Å². The molecule has 1 aliphatic heterocycles. The predicted molar refractivity (Wildman–Crippen MR) is 103 cm³/mol. The smallest absolute Gasteiger partial charge is 0.243 e. The first-order valence-corrected chi connectivity index (χ1v) is 9.55. The summed E-state index contributed by atoms with van der Waals surface area (Å²) in [7, 11) is 1.66. The molecular weight excluding hydrogens is 356 g/mol. The van der Waals surface area contributed by atoms with Gasteiger partial charge >= 0.3 is 0 Å². The fraction of sp³-hybridized carbons (Fsp3) is 0.381. The van der Waals surface area contributed by atoms with Crippen LogP contribution in [0.1, 0.15) is 42.5 Å². The van der Waals surface area contributed by atoms with Crippen LogP contribution in [0.15, 0.2) is 53.6 Å². The Morgan fingerprint density at radius 1 is 1.36 bits per heavy atom. The first kappa shape index (κ1) is 18.3. The van der Waals surface area contributed by atoms with Crippen LogP contribution < -0.4 is 4.74 Å². The molecule has 3 heterocycles. The van der Waals surface area contributed by atoms with Crippen molar-refractivity contribution in [3.8, 4) is 5.75 Å². The van der Waals surface area contributed by atoms with Crippen LogP contribution in [0.3, 0.4) is 0 Å². The Bertz CT molecular complexity index is 919. The summed E-state index contributed by atoms with van der Waals surface area (Å²) in [4.78, 5) is 23.2. The highest BCUT2D eigenvalue weighted by molar-refractivity contribution is 5.76. The minimum Gasteiger partial charge on any atom is -0.497 e. The molecule has 7 nitrogen and oxygen atoms in total. The molecule has 1 amide bonds. The summed E-state index contributed by atoms with van der Waals surface area (Å²) in [6, 6.07) is 7.80. The quantitative estimate of drug-likeness (QED) is 0.656. The molecule has 0 saturated carbocycles. The van der Waals surface area contributed by atoms with Gasteiger partial charge in [0, 0.05) is 25.4 Å². The van der Waals surface area contributed by atoms with Gasteiger partial charge < -0.3 is 18.6 Å². The molecule has 7 heteroatoms. The molecule has 146 valence electrons. The van der Waals surface area contributed by atoms with Gasteiger partial charge in [0.2, 0.25) is 11.8 Å². The lowest BCUT2D eigenvalue weighted by Crippen LogP contribution is -2.40. The number of methoxy groups -OCH3 is 1. The molecule has 0 N–H and O–H groups in total. The van der Waals surface area contributed by atoms with Gasteiger partial charge in [0.05, 0.1) is 19.6 Å². The van der Waals surface area contributed by atoms with Crippen molar-refractivity contribution in [3.05, 3.63) is 66.4 Å². The van der Waals surface area contributed by atoms with Gasteiger partial charge in [-0.25, -0.2) is 9.97 Å². The van der Waals surface area contributed by atoms with E-state index in [1.807, 2.05) is 29.2 Å². The monoisotopic (exact) mass is 380 g/mol. The average Bonchev–Trinajstić information content (AvgIpc) is 3.40. The van der Waals surface area contributed by atoms with Crippen molar-refractivity contribution in [1.29, 1.82) is 0 Å². The van der Waals surface area contributed by atoms with Crippen LogP contribution in [0.25, 0.3) is 0 Å². The number of carbonyl (C=O) groups is 1. The Kier molecular flexibility index (Phi) is 5.41. The normalized spacial score (nSPS) is 16.9. The van der Waals surface area contributed by atoms with Gasteiger partial charge in [0.25, 0.3) is 0 Å². The third kappa shape index (κ3) is 4.08. The number of hydrogen-bond donors (Lipinski definition) is 0. The second-order valence-electron chi connectivity index (χ2n) is 7.03. The fourth-order valence-electron chi connectivity index (χ4n) is 3.66. The molecular formula is C21H24N4O3. The first-order valence-electron chi connectivity index (χ1n) is 9.55. The topological polar surface area (TPSA) is 73.4 Å². The molecule has 4 rings (SSSR count). The van der Waals surface area contributed by atoms with Crippen LogP contribution in [0.4, 0.5) is 0 Å². The summed E-state index contributed by atoms with van der Waals surface area (Å²) < 4.78 is 13.1. The maximum Gasteiger partial charge on any atom is 0.243 e. The zero-order chi connectivity index (χ0) is 19.3. The van der Waals surface area contributed by atoms with Gasteiger partial charge in [-0.3, -0.25) is 4.79 Å². The molecule has 0 bridgehead atoms. The number of amides is 1. The van der Waals surface area contributed by atoms with E-state index in [0.717, 1.165) is 42.9 Å². The third-order valence-corrected chi connectivity index (χ3v) is 5.07. The SMILES string of the molecule is COc1cccc(Cc2cnc(C3CCCCN3C(=O)Cn3ccnc3)o2)c1. The van der Waals surface area contributed by atoms with Crippen molar-refractivity contribution in [3.63, 3.8) is 0 Å². The van der Waals surface area contributed by atoms with Gasteiger partial charge in [-0.1, -0.05) is 12.1 Å². The summed E-state index contributed by atoms with van der Waals surface area (Å²) in [6.07, 6.45) is 10.5. The highest BCUT2D eigenvalue weighted by atomic mass is 16.5. The van der Waals surface area contributed by atoms with E-state index in [1.54, 1.807) is 36.6 Å². The lowest BCUT2D eigenvalue weighted by Gasteiger charge is -2.33. The van der Waals surface area contributed by atoms with Crippen LogP contribution in [0.2, 0.25) is 0 Å². The highest BCUT2D eigenvalue weighted by Crippen LogP contribution is 2.31. The predicted octanol–water partition coefficient (Wildman–Crippen LogP) is 3.22. The Morgan fingerprint density at radius 2 is 2.29 bits per heavy atom. The van der Waals surface area contributed by atoms with Gasteiger partial charge in [-0.05, 0) is 37.0 Å². The van der Waals surface area contributed by atoms with Crippen molar-refractivity contribution in [2.45, 2.75) is 38.3 Å². The maximum atomic E-state index is 12.8. The second kappa shape index (κ2) is 8.29. The molecule has 1 saturated heterocycles. The number of benzene rings is 1. The van der Waals surface area contributed by atoms with Crippen LogP contribution in [0.5, 0.6) is 5.75 Å². The molecule has 0 spiro atoms. The lowest BCUT2D eigenvalue weighted by molar-refractivity contribution is -0.136. The number of carbonyl (C=O) groups excluding carboxylic acids is 1. The summed E-state index contributed by atoms with van der Waals surface area (Å²) in [5.74, 6) is 2.29. The van der Waals surface area contributed by atoms with Crippen molar-refractivity contribution in [1.82, 2.24) is 19.4 Å². The molecule has 1 aliphatic rings. The molecule has 2 aromatic heterocycles. The molecule has 0 radical (unpaired) electrons. The Hall–Kier alpha value is -3.09. The van der Waals surface area contributed by atoms with E-state index < -0.39 is 0 Å². The molecule has 28 heavy (non-hydrogen) atoms. The van der Waals surface area contributed by atoms with Gasteiger partial charge in [0.15, 0.2) is 0 Å². The summed E-state index contributed by atoms with van der Waals surface area (Å²) >= 11 is 0. The number of nitrogens with zero attached hydrogens (tertiary/aromatic N) is 4. The number of ether oxygens (including phenoxy) is 1. The van der Waals surface area contributed by atoms with Crippen LogP contribution in [-0.2, 0) is 17.8 Å². The second-order valence-corrected chi connectivity index (χ2v) is 7.03. The number of hydrogen-bond acceptors (Lipinski definition) is 5.